The van der Waals surface area contributed by atoms with Crippen molar-refractivity contribution in [3.63, 3.8) is 0 Å². The van der Waals surface area contributed by atoms with E-state index < -0.39 is 17.7 Å². The summed E-state index contributed by atoms with van der Waals surface area (Å²) in [6.45, 7) is 6.45. The van der Waals surface area contributed by atoms with Crippen LogP contribution in [-0.2, 0) is 14.3 Å². The highest BCUT2D eigenvalue weighted by Crippen LogP contribution is 2.40. The molecule has 2 heterocycles. The molecule has 2 aromatic carbocycles. The third-order valence-electron chi connectivity index (χ3n) is 6.05. The number of rotatable bonds is 8. The van der Waals surface area contributed by atoms with Gasteiger partial charge < -0.3 is 19.5 Å². The average molecular weight is 529 g/mol. The quantitative estimate of drug-likeness (QED) is 0.317. The third-order valence-corrected chi connectivity index (χ3v) is 6.54. The van der Waals surface area contributed by atoms with Crippen LogP contribution < -0.4 is 4.74 Å². The van der Waals surface area contributed by atoms with Crippen LogP contribution in [0.15, 0.2) is 58.6 Å². The molecular formula is C26H29BrN2O5. The minimum absolute atomic E-state index is 0.0951. The maximum atomic E-state index is 13.2. The highest BCUT2D eigenvalue weighted by molar-refractivity contribution is 9.10. The van der Waals surface area contributed by atoms with E-state index in [4.69, 9.17) is 9.47 Å². The van der Waals surface area contributed by atoms with Crippen LogP contribution in [0.2, 0.25) is 0 Å². The Morgan fingerprint density at radius 2 is 1.88 bits per heavy atom. The Hall–Kier alpha value is -2.68. The number of aliphatic hydroxyl groups is 1. The van der Waals surface area contributed by atoms with E-state index in [1.54, 1.807) is 29.2 Å². The number of carbonyl (C=O) groups is 2. The predicted molar refractivity (Wildman–Crippen MR) is 133 cm³/mol. The van der Waals surface area contributed by atoms with Gasteiger partial charge in [0.15, 0.2) is 0 Å². The van der Waals surface area contributed by atoms with Crippen molar-refractivity contribution in [3.8, 4) is 5.75 Å². The number of aliphatic hydroxyl groups excluding tert-OH is 1. The van der Waals surface area contributed by atoms with Crippen molar-refractivity contribution in [1.29, 1.82) is 0 Å². The van der Waals surface area contributed by atoms with E-state index >= 15 is 0 Å². The first kappa shape index (κ1) is 24.4. The Balaban J connectivity index is 1.72. The number of benzene rings is 2. The van der Waals surface area contributed by atoms with E-state index in [2.05, 4.69) is 20.8 Å². The monoisotopic (exact) mass is 528 g/mol. The number of likely N-dealkylation sites (tertiary alicyclic amines) is 1. The topological polar surface area (TPSA) is 79.3 Å². The molecule has 7 nitrogen and oxygen atoms in total. The van der Waals surface area contributed by atoms with Crippen molar-refractivity contribution in [2.45, 2.75) is 19.4 Å². The van der Waals surface area contributed by atoms with Gasteiger partial charge in [-0.25, -0.2) is 0 Å². The molecule has 180 valence electrons. The van der Waals surface area contributed by atoms with E-state index in [1.165, 1.54) is 0 Å². The second-order valence-corrected chi connectivity index (χ2v) is 9.29. The van der Waals surface area contributed by atoms with Crippen molar-refractivity contribution in [2.24, 2.45) is 0 Å². The Morgan fingerprint density at radius 3 is 2.62 bits per heavy atom. The summed E-state index contributed by atoms with van der Waals surface area (Å²) in [6.07, 6.45) is 0.855. The summed E-state index contributed by atoms with van der Waals surface area (Å²) >= 11 is 3.49. The molecule has 2 aliphatic heterocycles. The molecule has 4 rings (SSSR count). The highest BCUT2D eigenvalue weighted by Gasteiger charge is 2.46. The molecule has 1 unspecified atom stereocenters. The summed E-state index contributed by atoms with van der Waals surface area (Å²) in [5, 5.41) is 11.3. The number of ketones is 1. The molecule has 1 atom stereocenters. The third kappa shape index (κ3) is 5.35. The fourth-order valence-electron chi connectivity index (χ4n) is 4.32. The highest BCUT2D eigenvalue weighted by atomic mass is 79.9. The van der Waals surface area contributed by atoms with E-state index in [0.29, 0.717) is 44.2 Å². The molecule has 0 spiro atoms. The zero-order chi connectivity index (χ0) is 24.1. The van der Waals surface area contributed by atoms with Crippen LogP contribution in [0.3, 0.4) is 0 Å². The van der Waals surface area contributed by atoms with E-state index in [1.807, 2.05) is 31.2 Å². The molecule has 1 N–H and O–H groups in total. The maximum Gasteiger partial charge on any atom is 0.295 e. The normalized spacial score (nSPS) is 20.6. The standard InChI is InChI=1S/C26H29BrN2O5/c1-2-13-34-21-8-4-6-19(17-21)24(30)22-23(18-5-3-7-20(27)16-18)29(26(32)25(22)31)10-9-28-11-14-33-15-12-28/h3-8,16-17,23,30H,2,9-15H2,1H3. The molecule has 0 radical (unpaired) electrons. The molecule has 2 fully saturated rings. The molecule has 2 saturated heterocycles. The van der Waals surface area contributed by atoms with Gasteiger partial charge in [-0.2, -0.15) is 0 Å². The lowest BCUT2D eigenvalue weighted by Crippen LogP contribution is -2.42. The molecule has 8 heteroatoms. The fourth-order valence-corrected chi connectivity index (χ4v) is 4.73. The van der Waals surface area contributed by atoms with Gasteiger partial charge in [0.25, 0.3) is 11.7 Å². The van der Waals surface area contributed by atoms with Crippen LogP contribution in [0.1, 0.15) is 30.5 Å². The van der Waals surface area contributed by atoms with Crippen LogP contribution in [0.5, 0.6) is 5.75 Å². The lowest BCUT2D eigenvalue weighted by molar-refractivity contribution is -0.140. The van der Waals surface area contributed by atoms with Crippen LogP contribution >= 0.6 is 15.9 Å². The molecule has 0 saturated carbocycles. The zero-order valence-electron chi connectivity index (χ0n) is 19.2. The first-order valence-corrected chi connectivity index (χ1v) is 12.4. The smallest absolute Gasteiger partial charge is 0.295 e. The summed E-state index contributed by atoms with van der Waals surface area (Å²) in [5.41, 5.74) is 1.30. The number of halogens is 1. The lowest BCUT2D eigenvalue weighted by atomic mass is 9.95. The summed E-state index contributed by atoms with van der Waals surface area (Å²) in [5.74, 6) is -0.867. The SMILES string of the molecule is CCCOc1cccc(C(O)=C2C(=O)C(=O)N(CCN3CCOCC3)C2c2cccc(Br)c2)c1. The van der Waals surface area contributed by atoms with Crippen LogP contribution in [-0.4, -0.2) is 72.6 Å². The van der Waals surface area contributed by atoms with Crippen molar-refractivity contribution >= 4 is 33.4 Å². The molecular weight excluding hydrogens is 500 g/mol. The fraction of sp³-hybridized carbons (Fsp3) is 0.385. The van der Waals surface area contributed by atoms with Gasteiger partial charge in [0.1, 0.15) is 11.5 Å². The second-order valence-electron chi connectivity index (χ2n) is 8.38. The van der Waals surface area contributed by atoms with Crippen molar-refractivity contribution in [2.75, 3.05) is 46.0 Å². The van der Waals surface area contributed by atoms with Gasteiger partial charge in [-0.15, -0.1) is 0 Å². The van der Waals surface area contributed by atoms with Crippen LogP contribution in [0.25, 0.3) is 5.76 Å². The first-order chi connectivity index (χ1) is 16.5. The maximum absolute atomic E-state index is 13.2. The van der Waals surface area contributed by atoms with Crippen molar-refractivity contribution in [1.82, 2.24) is 9.80 Å². The number of carbonyl (C=O) groups excluding carboxylic acids is 2. The molecule has 1 amide bonds. The molecule has 2 aliphatic rings. The number of amides is 1. The van der Waals surface area contributed by atoms with Crippen molar-refractivity contribution in [3.05, 3.63) is 69.7 Å². The molecule has 34 heavy (non-hydrogen) atoms. The van der Waals surface area contributed by atoms with Gasteiger partial charge in [-0.05, 0) is 36.2 Å². The van der Waals surface area contributed by atoms with Gasteiger partial charge in [-0.1, -0.05) is 47.1 Å². The van der Waals surface area contributed by atoms with Gasteiger partial charge >= 0.3 is 0 Å². The molecule has 0 bridgehead atoms. The van der Waals surface area contributed by atoms with E-state index in [9.17, 15) is 14.7 Å². The minimum Gasteiger partial charge on any atom is -0.507 e. The van der Waals surface area contributed by atoms with Gasteiger partial charge in [0.2, 0.25) is 0 Å². The number of Topliss-reactive ketones (excluding diaryl/α,β-unsaturated/α-hetero) is 1. The van der Waals surface area contributed by atoms with E-state index in [0.717, 1.165) is 29.5 Å². The van der Waals surface area contributed by atoms with E-state index in [-0.39, 0.29) is 11.3 Å². The number of nitrogens with zero attached hydrogens (tertiary/aromatic N) is 2. The Kier molecular flexibility index (Phi) is 8.03. The van der Waals surface area contributed by atoms with Crippen LogP contribution in [0.4, 0.5) is 0 Å². The second kappa shape index (κ2) is 11.2. The Bertz CT molecular complexity index is 1080. The van der Waals surface area contributed by atoms with Gasteiger partial charge in [0, 0.05) is 36.2 Å². The molecule has 0 aromatic heterocycles. The lowest BCUT2D eigenvalue weighted by Gasteiger charge is -2.31. The number of morpholine rings is 1. The molecule has 2 aromatic rings. The summed E-state index contributed by atoms with van der Waals surface area (Å²) in [7, 11) is 0. The largest absolute Gasteiger partial charge is 0.507 e. The van der Waals surface area contributed by atoms with Crippen LogP contribution in [0, 0.1) is 0 Å². The summed E-state index contributed by atoms with van der Waals surface area (Å²) in [4.78, 5) is 30.2. The first-order valence-electron chi connectivity index (χ1n) is 11.6. The Labute approximate surface area is 208 Å². The molecule has 0 aliphatic carbocycles. The minimum atomic E-state index is -0.682. The van der Waals surface area contributed by atoms with Gasteiger partial charge in [0.05, 0.1) is 31.4 Å². The van der Waals surface area contributed by atoms with Crippen molar-refractivity contribution < 1.29 is 24.2 Å². The predicted octanol–water partition coefficient (Wildman–Crippen LogP) is 3.99. The Morgan fingerprint density at radius 1 is 1.12 bits per heavy atom. The number of hydrogen-bond donors (Lipinski definition) is 1. The number of ether oxygens (including phenoxy) is 2. The number of hydrogen-bond acceptors (Lipinski definition) is 6. The summed E-state index contributed by atoms with van der Waals surface area (Å²) < 4.78 is 11.9. The zero-order valence-corrected chi connectivity index (χ0v) is 20.8. The summed E-state index contributed by atoms with van der Waals surface area (Å²) in [6, 6.07) is 13.8. The van der Waals surface area contributed by atoms with Gasteiger partial charge in [-0.3, -0.25) is 14.5 Å². The average Bonchev–Trinajstić information content (AvgIpc) is 3.11.